The molecule has 0 unspecified atom stereocenters. The molecule has 0 fully saturated rings. The summed E-state index contributed by atoms with van der Waals surface area (Å²) in [5.74, 6) is 0. The van der Waals surface area contributed by atoms with Gasteiger partial charge in [0, 0.05) is 9.79 Å². The van der Waals surface area contributed by atoms with Crippen molar-refractivity contribution < 1.29 is 0 Å². The van der Waals surface area contributed by atoms with Gasteiger partial charge in [-0.25, -0.2) is 0 Å². The zero-order chi connectivity index (χ0) is 14.3. The van der Waals surface area contributed by atoms with Gasteiger partial charge in [-0.2, -0.15) is 0 Å². The third-order valence-electron chi connectivity index (χ3n) is 1.72. The van der Waals surface area contributed by atoms with Gasteiger partial charge in [0.25, 0.3) is 0 Å². The van der Waals surface area contributed by atoms with E-state index < -0.39 is 0 Å². The third-order valence-corrected chi connectivity index (χ3v) is 2.74. The Morgan fingerprint density at radius 1 is 0.737 bits per heavy atom. The van der Waals surface area contributed by atoms with Crippen molar-refractivity contribution in [2.24, 2.45) is 0 Å². The Balaban J connectivity index is 0.000000465. The quantitative estimate of drug-likeness (QED) is 0.428. The van der Waals surface area contributed by atoms with Gasteiger partial charge in [0.05, 0.1) is 0 Å². The lowest BCUT2D eigenvalue weighted by atomic mass is 10.4. The lowest BCUT2D eigenvalue weighted by Gasteiger charge is -1.99. The van der Waals surface area contributed by atoms with Crippen LogP contribution in [-0.4, -0.2) is 0 Å². The van der Waals surface area contributed by atoms with Gasteiger partial charge in [-0.3, -0.25) is 4.91 Å². The highest BCUT2D eigenvalue weighted by Crippen LogP contribution is 2.26. The van der Waals surface area contributed by atoms with Crippen LogP contribution >= 0.6 is 11.8 Å². The van der Waals surface area contributed by atoms with Gasteiger partial charge in [0.1, 0.15) is 0 Å². The Morgan fingerprint density at radius 3 is 1.26 bits per heavy atom. The number of nitrogens with one attached hydrogen (secondary N) is 1. The van der Waals surface area contributed by atoms with Crippen LogP contribution in [0.15, 0.2) is 70.5 Å². The van der Waals surface area contributed by atoms with Crippen LogP contribution in [0.1, 0.15) is 0 Å². The highest BCUT2D eigenvalue weighted by molar-refractivity contribution is 7.99. The van der Waals surface area contributed by atoms with Crippen LogP contribution in [0.2, 0.25) is 0 Å². The predicted octanol–water partition coefficient (Wildman–Crippen LogP) is 5.58. The summed E-state index contributed by atoms with van der Waals surface area (Å²) >= 11 is 1.79. The summed E-state index contributed by atoms with van der Waals surface area (Å²) in [6, 6.07) is 20.8. The molecular weight excluding hydrogens is 260 g/mol. The first-order valence-corrected chi connectivity index (χ1v) is 5.87. The summed E-state index contributed by atoms with van der Waals surface area (Å²) in [6.07, 6.45) is 0. The molecule has 0 saturated carbocycles. The monoisotopic (exact) mass is 271 g/mol. The first kappa shape index (κ1) is 16.4. The Kier molecular flexibility index (Phi) is 10.3. The minimum absolute atomic E-state index is 1.29. The SMILES string of the molecule is [N-]=[N+]=N.[N-]=[N+]=[N-].c1ccc(Sc2ccccc2)cc1. The van der Waals surface area contributed by atoms with Crippen molar-refractivity contribution in [2.45, 2.75) is 9.79 Å². The number of hydrogen-bond donors (Lipinski definition) is 1. The second kappa shape index (κ2) is 11.9. The Morgan fingerprint density at radius 2 is 1.00 bits per heavy atom. The fourth-order valence-corrected chi connectivity index (χ4v) is 1.97. The first-order valence-electron chi connectivity index (χ1n) is 5.05. The molecule has 2 aromatic rings. The second-order valence-corrected chi connectivity index (χ2v) is 4.06. The van der Waals surface area contributed by atoms with E-state index in [9.17, 15) is 0 Å². The fourth-order valence-electron chi connectivity index (χ4n) is 1.11. The third kappa shape index (κ3) is 9.14. The van der Waals surface area contributed by atoms with E-state index in [2.05, 4.69) is 48.5 Å². The van der Waals surface area contributed by atoms with Gasteiger partial charge in [-0.05, 0) is 34.7 Å². The van der Waals surface area contributed by atoms with Crippen molar-refractivity contribution in [3.05, 3.63) is 87.1 Å². The molecule has 96 valence electrons. The van der Waals surface area contributed by atoms with E-state index in [0.29, 0.717) is 0 Å². The highest BCUT2D eigenvalue weighted by Gasteiger charge is 1.93. The molecule has 0 aliphatic rings. The topological polar surface area (TPSA) is 119 Å². The van der Waals surface area contributed by atoms with Crippen LogP contribution in [0.3, 0.4) is 0 Å². The zero-order valence-electron chi connectivity index (χ0n) is 9.92. The summed E-state index contributed by atoms with van der Waals surface area (Å²) in [5.41, 5.74) is 25.8. The van der Waals surface area contributed by atoms with Crippen molar-refractivity contribution in [1.82, 2.24) is 0 Å². The number of nitrogens with zero attached hydrogens (tertiary/aromatic N) is 5. The second-order valence-electron chi connectivity index (χ2n) is 2.92. The van der Waals surface area contributed by atoms with Crippen LogP contribution in [0, 0.1) is 5.53 Å². The van der Waals surface area contributed by atoms with Gasteiger partial charge in [0.2, 0.25) is 0 Å². The van der Waals surface area contributed by atoms with E-state index >= 15 is 0 Å². The molecule has 0 radical (unpaired) electrons. The van der Waals surface area contributed by atoms with Crippen LogP contribution in [0.25, 0.3) is 26.4 Å². The van der Waals surface area contributed by atoms with E-state index in [4.69, 9.17) is 22.1 Å². The molecule has 0 heterocycles. The van der Waals surface area contributed by atoms with Crippen LogP contribution in [-0.2, 0) is 0 Å². The number of benzene rings is 2. The normalized spacial score (nSPS) is 7.58. The van der Waals surface area contributed by atoms with Gasteiger partial charge < -0.3 is 11.1 Å². The molecule has 0 atom stereocenters. The maximum atomic E-state index is 6.86. The van der Waals surface area contributed by atoms with Gasteiger partial charge >= 0.3 is 0 Å². The minimum Gasteiger partial charge on any atom is -0.373 e. The summed E-state index contributed by atoms with van der Waals surface area (Å²) < 4.78 is 0. The highest BCUT2D eigenvalue weighted by atomic mass is 32.2. The van der Waals surface area contributed by atoms with Crippen molar-refractivity contribution >= 4 is 11.8 Å². The largest absolute Gasteiger partial charge is 0.373 e. The van der Waals surface area contributed by atoms with E-state index in [1.54, 1.807) is 16.7 Å². The van der Waals surface area contributed by atoms with Gasteiger partial charge in [0.15, 0.2) is 0 Å². The molecule has 0 bridgehead atoms. The van der Waals surface area contributed by atoms with Crippen molar-refractivity contribution in [1.29, 1.82) is 5.53 Å². The predicted molar refractivity (Wildman–Crippen MR) is 76.5 cm³/mol. The zero-order valence-corrected chi connectivity index (χ0v) is 10.7. The lowest BCUT2D eigenvalue weighted by molar-refractivity contribution is 1.41. The molecule has 19 heavy (non-hydrogen) atoms. The standard InChI is InChI=1S/C12H10S.HN3.N3/c1-3-7-11(8-4-1)13-12-9-5-2-6-10-12;2*1-3-2/h1-10H;1H;/q;;-1. The molecule has 1 N–H and O–H groups in total. The maximum absolute atomic E-state index is 6.86. The Labute approximate surface area is 114 Å². The summed E-state index contributed by atoms with van der Waals surface area (Å²) in [6.45, 7) is 0. The molecule has 2 rings (SSSR count). The van der Waals surface area contributed by atoms with E-state index in [1.165, 1.54) is 14.7 Å². The molecule has 7 heteroatoms. The maximum Gasteiger partial charge on any atom is 0.0122 e. The minimum atomic E-state index is 1.29. The number of hydrogen-bond acceptors (Lipinski definition) is 2. The van der Waals surface area contributed by atoms with Gasteiger partial charge in [-0.1, -0.05) is 48.2 Å². The number of rotatable bonds is 2. The molecular formula is C12H11N6S-. The van der Waals surface area contributed by atoms with Crippen molar-refractivity contribution in [3.63, 3.8) is 0 Å². The first-order chi connectivity index (χ1) is 9.28. The van der Waals surface area contributed by atoms with E-state index in [-0.39, 0.29) is 0 Å². The molecule has 0 aliphatic heterocycles. The molecule has 0 spiro atoms. The average Bonchev–Trinajstić information content (AvgIpc) is 2.43. The smallest absolute Gasteiger partial charge is 0.0122 e. The average molecular weight is 271 g/mol. The molecule has 0 saturated heterocycles. The summed E-state index contributed by atoms with van der Waals surface area (Å²) in [4.78, 5) is 5.82. The van der Waals surface area contributed by atoms with E-state index in [0.717, 1.165) is 0 Å². The van der Waals surface area contributed by atoms with E-state index in [1.807, 2.05) is 12.1 Å². The van der Waals surface area contributed by atoms with Crippen molar-refractivity contribution in [2.75, 3.05) is 0 Å². The molecule has 2 aromatic carbocycles. The lowest BCUT2D eigenvalue weighted by Crippen LogP contribution is -1.70. The van der Waals surface area contributed by atoms with Crippen molar-refractivity contribution in [3.8, 4) is 0 Å². The van der Waals surface area contributed by atoms with Crippen LogP contribution in [0.5, 0.6) is 0 Å². The Hall–Kier alpha value is -2.59. The summed E-state index contributed by atoms with van der Waals surface area (Å²) in [7, 11) is 0. The van der Waals surface area contributed by atoms with Crippen LogP contribution in [0.4, 0.5) is 0 Å². The fraction of sp³-hybridized carbons (Fsp3) is 0. The van der Waals surface area contributed by atoms with Gasteiger partial charge in [-0.15, -0.1) is 5.53 Å². The molecule has 0 aliphatic carbocycles. The Bertz CT molecular complexity index is 467. The summed E-state index contributed by atoms with van der Waals surface area (Å²) in [5, 5.41) is 0. The molecule has 6 nitrogen and oxygen atoms in total. The van der Waals surface area contributed by atoms with Crippen LogP contribution < -0.4 is 0 Å². The molecule has 0 aromatic heterocycles. The molecule has 0 amide bonds.